The molecule has 54 valence electrons. The van der Waals surface area contributed by atoms with E-state index in [2.05, 4.69) is 15.9 Å². The van der Waals surface area contributed by atoms with Gasteiger partial charge in [0, 0.05) is 13.1 Å². The summed E-state index contributed by atoms with van der Waals surface area (Å²) < 4.78 is 2.05. The summed E-state index contributed by atoms with van der Waals surface area (Å²) in [5.74, 6) is 0. The second-order valence-electron chi connectivity index (χ2n) is 1.87. The van der Waals surface area contributed by atoms with Crippen LogP contribution in [0, 0.1) is 0 Å². The maximum atomic E-state index is 10.9. The fourth-order valence-electron chi connectivity index (χ4n) is 0.582. The van der Waals surface area contributed by atoms with Gasteiger partial charge in [-0.15, -0.1) is 0 Å². The van der Waals surface area contributed by atoms with Gasteiger partial charge in [-0.25, -0.2) is 0 Å². The molecule has 0 saturated heterocycles. The summed E-state index contributed by atoms with van der Waals surface area (Å²) in [7, 11) is 1.65. The van der Waals surface area contributed by atoms with Crippen molar-refractivity contribution in [3.8, 4) is 0 Å². The monoisotopic (exact) mass is 221 g/mol. The molecule has 0 aliphatic rings. The quantitative estimate of drug-likeness (QED) is 0.614. The van der Waals surface area contributed by atoms with Crippen molar-refractivity contribution >= 4 is 27.5 Å². The Morgan fingerprint density at radius 3 is 2.70 bits per heavy atom. The molecule has 0 unspecified atom stereocenters. The van der Waals surface area contributed by atoms with Crippen molar-refractivity contribution in [2.75, 3.05) is 0 Å². The largest absolute Gasteiger partial charge is 0.305 e. The third kappa shape index (κ3) is 1.25. The molecular weight excluding hydrogens is 217 g/mol. The number of hydrogen-bond acceptors (Lipinski definition) is 1. The summed E-state index contributed by atoms with van der Waals surface area (Å²) in [6.45, 7) is 0. The van der Waals surface area contributed by atoms with Gasteiger partial charge in [-0.05, 0) is 22.0 Å². The van der Waals surface area contributed by atoms with Gasteiger partial charge in [0.05, 0.1) is 5.02 Å². The van der Waals surface area contributed by atoms with Gasteiger partial charge in [-0.2, -0.15) is 0 Å². The lowest BCUT2D eigenvalue weighted by molar-refractivity contribution is 0.835. The highest BCUT2D eigenvalue weighted by molar-refractivity contribution is 9.10. The van der Waals surface area contributed by atoms with E-state index in [4.69, 9.17) is 11.6 Å². The molecular formula is C6H5BrClNO. The normalized spacial score (nSPS) is 9.90. The minimum absolute atomic E-state index is 0.0729. The van der Waals surface area contributed by atoms with Gasteiger partial charge in [0.25, 0.3) is 5.56 Å². The molecule has 0 saturated carbocycles. The van der Waals surface area contributed by atoms with E-state index in [1.165, 1.54) is 10.6 Å². The molecule has 1 aromatic rings. The van der Waals surface area contributed by atoms with Crippen LogP contribution in [-0.4, -0.2) is 4.57 Å². The smallest absolute Gasteiger partial charge is 0.251 e. The van der Waals surface area contributed by atoms with Crippen LogP contribution in [0.5, 0.6) is 0 Å². The lowest BCUT2D eigenvalue weighted by Crippen LogP contribution is -2.15. The molecule has 1 rings (SSSR count). The van der Waals surface area contributed by atoms with E-state index in [9.17, 15) is 4.79 Å². The molecule has 0 bridgehead atoms. The third-order valence-corrected chi connectivity index (χ3v) is 2.69. The lowest BCUT2D eigenvalue weighted by atomic mass is 10.5. The Bertz CT molecular complexity index is 307. The first-order valence-corrected chi connectivity index (χ1v) is 3.81. The van der Waals surface area contributed by atoms with Gasteiger partial charge < -0.3 is 4.57 Å². The maximum absolute atomic E-state index is 10.9. The van der Waals surface area contributed by atoms with Gasteiger partial charge in [0.1, 0.15) is 4.60 Å². The van der Waals surface area contributed by atoms with E-state index < -0.39 is 0 Å². The molecule has 0 fully saturated rings. The number of pyridine rings is 1. The van der Waals surface area contributed by atoms with Crippen LogP contribution in [0.1, 0.15) is 0 Å². The molecule has 0 spiro atoms. The zero-order valence-electron chi connectivity index (χ0n) is 5.27. The van der Waals surface area contributed by atoms with Crippen LogP contribution in [-0.2, 0) is 7.05 Å². The van der Waals surface area contributed by atoms with E-state index in [0.29, 0.717) is 9.63 Å². The van der Waals surface area contributed by atoms with E-state index in [0.717, 1.165) is 0 Å². The van der Waals surface area contributed by atoms with E-state index in [-0.39, 0.29) is 5.56 Å². The van der Waals surface area contributed by atoms with Crippen LogP contribution in [0.4, 0.5) is 0 Å². The Hall–Kier alpha value is -0.280. The zero-order valence-corrected chi connectivity index (χ0v) is 7.61. The van der Waals surface area contributed by atoms with Gasteiger partial charge in [0.2, 0.25) is 0 Å². The number of rotatable bonds is 0. The second kappa shape index (κ2) is 2.76. The van der Waals surface area contributed by atoms with Gasteiger partial charge in [-0.3, -0.25) is 4.79 Å². The standard InChI is InChI=1S/C6H5BrClNO/c1-9-5(10)3-2-4(8)6(9)7/h2-3H,1H3. The Kier molecular flexibility index (Phi) is 2.16. The highest BCUT2D eigenvalue weighted by atomic mass is 79.9. The second-order valence-corrected chi connectivity index (χ2v) is 3.03. The molecule has 0 atom stereocenters. The highest BCUT2D eigenvalue weighted by Crippen LogP contribution is 2.18. The van der Waals surface area contributed by atoms with Gasteiger partial charge >= 0.3 is 0 Å². The van der Waals surface area contributed by atoms with Crippen LogP contribution in [0.15, 0.2) is 21.5 Å². The topological polar surface area (TPSA) is 22.0 Å². The van der Waals surface area contributed by atoms with Crippen molar-refractivity contribution in [2.24, 2.45) is 7.05 Å². The van der Waals surface area contributed by atoms with E-state index >= 15 is 0 Å². The minimum atomic E-state index is -0.0729. The highest BCUT2D eigenvalue weighted by Gasteiger charge is 1.99. The first-order valence-electron chi connectivity index (χ1n) is 2.64. The first kappa shape index (κ1) is 7.82. The van der Waals surface area contributed by atoms with Crippen molar-refractivity contribution in [1.29, 1.82) is 0 Å². The zero-order chi connectivity index (χ0) is 7.72. The Morgan fingerprint density at radius 2 is 2.20 bits per heavy atom. The number of halogens is 2. The SMILES string of the molecule is Cn1c(Br)c(Cl)ccc1=O. The summed E-state index contributed by atoms with van der Waals surface area (Å²) in [4.78, 5) is 10.9. The lowest BCUT2D eigenvalue weighted by Gasteiger charge is -2.00. The Morgan fingerprint density at radius 1 is 1.60 bits per heavy atom. The number of nitrogens with zero attached hydrogens (tertiary/aromatic N) is 1. The fraction of sp³-hybridized carbons (Fsp3) is 0.167. The van der Waals surface area contributed by atoms with Crippen molar-refractivity contribution in [3.05, 3.63) is 32.1 Å². The minimum Gasteiger partial charge on any atom is -0.305 e. The molecule has 0 radical (unpaired) electrons. The summed E-state index contributed by atoms with van der Waals surface area (Å²) in [6, 6.07) is 2.99. The average molecular weight is 222 g/mol. The summed E-state index contributed by atoms with van der Waals surface area (Å²) in [6.07, 6.45) is 0. The predicted octanol–water partition coefficient (Wildman–Crippen LogP) is 1.80. The van der Waals surface area contributed by atoms with Crippen LogP contribution < -0.4 is 5.56 Å². The summed E-state index contributed by atoms with van der Waals surface area (Å²) in [5, 5.41) is 0.544. The Labute approximate surface area is 71.6 Å². The molecule has 0 N–H and O–H groups in total. The summed E-state index contributed by atoms with van der Waals surface area (Å²) >= 11 is 8.84. The van der Waals surface area contributed by atoms with Crippen molar-refractivity contribution in [3.63, 3.8) is 0 Å². The molecule has 0 amide bonds. The number of hydrogen-bond donors (Lipinski definition) is 0. The van der Waals surface area contributed by atoms with Crippen LogP contribution in [0.2, 0.25) is 5.02 Å². The van der Waals surface area contributed by atoms with Crippen LogP contribution in [0.3, 0.4) is 0 Å². The van der Waals surface area contributed by atoms with Crippen molar-refractivity contribution < 1.29 is 0 Å². The Balaban J connectivity index is 3.49. The predicted molar refractivity (Wildman–Crippen MR) is 44.4 cm³/mol. The molecule has 0 aliphatic carbocycles. The van der Waals surface area contributed by atoms with E-state index in [1.54, 1.807) is 13.1 Å². The van der Waals surface area contributed by atoms with E-state index in [1.807, 2.05) is 0 Å². The molecule has 1 aromatic heterocycles. The maximum Gasteiger partial charge on any atom is 0.251 e. The van der Waals surface area contributed by atoms with Crippen LogP contribution in [0.25, 0.3) is 0 Å². The first-order chi connectivity index (χ1) is 4.63. The number of aromatic nitrogens is 1. The summed E-state index contributed by atoms with van der Waals surface area (Å²) in [5.41, 5.74) is -0.0729. The molecule has 4 heteroatoms. The average Bonchev–Trinajstić information content (AvgIpc) is 1.93. The molecule has 0 aliphatic heterocycles. The van der Waals surface area contributed by atoms with Crippen molar-refractivity contribution in [2.45, 2.75) is 0 Å². The molecule has 10 heavy (non-hydrogen) atoms. The molecule has 2 nitrogen and oxygen atoms in total. The van der Waals surface area contributed by atoms with Crippen molar-refractivity contribution in [1.82, 2.24) is 4.57 Å². The molecule has 1 heterocycles. The third-order valence-electron chi connectivity index (χ3n) is 1.19. The van der Waals surface area contributed by atoms with Gasteiger partial charge in [0.15, 0.2) is 0 Å². The van der Waals surface area contributed by atoms with Crippen LogP contribution >= 0.6 is 27.5 Å². The fourth-order valence-corrected chi connectivity index (χ4v) is 1.08. The van der Waals surface area contributed by atoms with Gasteiger partial charge in [-0.1, -0.05) is 11.6 Å². The molecule has 0 aromatic carbocycles.